The molecule has 20 heavy (non-hydrogen) atoms. The number of hydrogen-bond donors (Lipinski definition) is 1. The zero-order chi connectivity index (χ0) is 14.3. The number of aromatic nitrogens is 3. The predicted octanol–water partition coefficient (Wildman–Crippen LogP) is 1.46. The summed E-state index contributed by atoms with van der Waals surface area (Å²) >= 11 is 1.47. The normalized spacial score (nSPS) is 22.5. The van der Waals surface area contributed by atoms with Crippen LogP contribution in [0.25, 0.3) is 11.0 Å². The molecule has 106 valence electrons. The van der Waals surface area contributed by atoms with E-state index >= 15 is 0 Å². The Labute approximate surface area is 120 Å². The first-order valence-electron chi connectivity index (χ1n) is 6.41. The number of amides is 1. The Morgan fingerprint density at radius 2 is 2.35 bits per heavy atom. The van der Waals surface area contributed by atoms with Gasteiger partial charge in [0.05, 0.1) is 19.3 Å². The summed E-state index contributed by atoms with van der Waals surface area (Å²) in [5.74, 6) is -0.135. The van der Waals surface area contributed by atoms with E-state index in [0.717, 1.165) is 11.0 Å². The number of hydrogen-bond acceptors (Lipinski definition) is 5. The van der Waals surface area contributed by atoms with Crippen molar-refractivity contribution in [3.05, 3.63) is 18.0 Å². The molecule has 0 aromatic carbocycles. The van der Waals surface area contributed by atoms with Crippen molar-refractivity contribution in [2.45, 2.75) is 18.1 Å². The van der Waals surface area contributed by atoms with Crippen LogP contribution in [0.5, 0.6) is 0 Å². The van der Waals surface area contributed by atoms with Crippen LogP contribution in [0.3, 0.4) is 0 Å². The number of rotatable bonds is 3. The van der Waals surface area contributed by atoms with Gasteiger partial charge in [-0.25, -0.2) is 9.97 Å². The van der Waals surface area contributed by atoms with Crippen molar-refractivity contribution in [1.29, 1.82) is 0 Å². The van der Waals surface area contributed by atoms with E-state index < -0.39 is 5.91 Å². The number of fused-ring (bicyclic) bond motifs is 1. The van der Waals surface area contributed by atoms with E-state index in [-0.39, 0.29) is 6.04 Å². The molecule has 2 N–H and O–H groups in total. The van der Waals surface area contributed by atoms with Crippen LogP contribution in [0.1, 0.15) is 23.5 Å². The highest BCUT2D eigenvalue weighted by Gasteiger charge is 2.30. The standard InChI is InChI=1S/C13H16N4O2S/c1-7-5-19-6-10(7)17-9(11(14)18)3-8-4-15-13(20-2)16-12(8)17/h3-4,7,10H,5-6H2,1-2H3,(H2,14,18)/t7-,10+/m1/s1. The second kappa shape index (κ2) is 5.06. The average molecular weight is 292 g/mol. The molecule has 2 aromatic heterocycles. The molecule has 0 unspecified atom stereocenters. The summed E-state index contributed by atoms with van der Waals surface area (Å²) in [6, 6.07) is 1.84. The predicted molar refractivity (Wildman–Crippen MR) is 76.8 cm³/mol. The van der Waals surface area contributed by atoms with Gasteiger partial charge in [0.25, 0.3) is 5.91 Å². The van der Waals surface area contributed by atoms with E-state index in [9.17, 15) is 4.79 Å². The van der Waals surface area contributed by atoms with Gasteiger partial charge in [0.2, 0.25) is 0 Å². The molecule has 6 nitrogen and oxygen atoms in total. The summed E-state index contributed by atoms with van der Waals surface area (Å²) in [5.41, 5.74) is 6.73. The molecular weight excluding hydrogens is 276 g/mol. The van der Waals surface area contributed by atoms with Crippen LogP contribution < -0.4 is 5.73 Å². The van der Waals surface area contributed by atoms with Crippen molar-refractivity contribution < 1.29 is 9.53 Å². The Morgan fingerprint density at radius 3 is 2.95 bits per heavy atom. The summed E-state index contributed by atoms with van der Waals surface area (Å²) < 4.78 is 7.43. The molecule has 1 saturated heterocycles. The highest BCUT2D eigenvalue weighted by Crippen LogP contribution is 2.31. The van der Waals surface area contributed by atoms with Crippen LogP contribution in [0.15, 0.2) is 17.4 Å². The Bertz CT molecular complexity index is 670. The summed E-state index contributed by atoms with van der Waals surface area (Å²) in [4.78, 5) is 20.5. The second-order valence-electron chi connectivity index (χ2n) is 4.98. The topological polar surface area (TPSA) is 83.0 Å². The largest absolute Gasteiger partial charge is 0.379 e. The first kappa shape index (κ1) is 13.4. The summed E-state index contributed by atoms with van der Waals surface area (Å²) in [6.45, 7) is 3.36. The molecule has 1 aliphatic rings. The Morgan fingerprint density at radius 1 is 1.55 bits per heavy atom. The average Bonchev–Trinajstić information content (AvgIpc) is 3.00. The fourth-order valence-corrected chi connectivity index (χ4v) is 2.93. The van der Waals surface area contributed by atoms with E-state index in [1.165, 1.54) is 11.8 Å². The maximum atomic E-state index is 11.7. The second-order valence-corrected chi connectivity index (χ2v) is 5.75. The Kier molecular flexibility index (Phi) is 3.39. The summed E-state index contributed by atoms with van der Waals surface area (Å²) in [5, 5.41) is 1.51. The Balaban J connectivity index is 2.24. The molecule has 0 radical (unpaired) electrons. The lowest BCUT2D eigenvalue weighted by molar-refractivity contribution is 0.0988. The minimum Gasteiger partial charge on any atom is -0.379 e. The highest BCUT2D eigenvalue weighted by molar-refractivity contribution is 7.98. The van der Waals surface area contributed by atoms with Crippen LogP contribution >= 0.6 is 11.8 Å². The smallest absolute Gasteiger partial charge is 0.265 e. The first-order chi connectivity index (χ1) is 9.61. The monoisotopic (exact) mass is 292 g/mol. The van der Waals surface area contributed by atoms with Gasteiger partial charge in [-0.2, -0.15) is 0 Å². The van der Waals surface area contributed by atoms with Crippen molar-refractivity contribution in [3.63, 3.8) is 0 Å². The number of carbonyl (C=O) groups is 1. The summed E-state index contributed by atoms with van der Waals surface area (Å²) in [7, 11) is 0. The molecule has 1 amide bonds. The van der Waals surface area contributed by atoms with E-state index in [0.29, 0.717) is 30.0 Å². The minimum atomic E-state index is -0.451. The van der Waals surface area contributed by atoms with Crippen molar-refractivity contribution in [2.75, 3.05) is 19.5 Å². The molecule has 7 heteroatoms. The van der Waals surface area contributed by atoms with Crippen LogP contribution in [-0.4, -0.2) is 39.9 Å². The molecule has 0 saturated carbocycles. The molecule has 3 rings (SSSR count). The number of thioether (sulfide) groups is 1. The van der Waals surface area contributed by atoms with Gasteiger partial charge in [-0.05, 0) is 12.3 Å². The van der Waals surface area contributed by atoms with Crippen LogP contribution in [0, 0.1) is 5.92 Å². The molecule has 1 aliphatic heterocycles. The van der Waals surface area contributed by atoms with E-state index in [1.807, 2.05) is 10.8 Å². The third-order valence-electron chi connectivity index (χ3n) is 3.65. The molecule has 3 heterocycles. The molecule has 0 bridgehead atoms. The third-order valence-corrected chi connectivity index (χ3v) is 4.21. The van der Waals surface area contributed by atoms with Gasteiger partial charge in [0, 0.05) is 17.5 Å². The minimum absolute atomic E-state index is 0.0830. The van der Waals surface area contributed by atoms with Gasteiger partial charge < -0.3 is 15.0 Å². The van der Waals surface area contributed by atoms with Crippen LogP contribution in [0.2, 0.25) is 0 Å². The van der Waals surface area contributed by atoms with Crippen molar-refractivity contribution in [3.8, 4) is 0 Å². The van der Waals surface area contributed by atoms with E-state index in [1.54, 1.807) is 12.3 Å². The zero-order valence-corrected chi connectivity index (χ0v) is 12.2. The number of carbonyl (C=O) groups excluding carboxylic acids is 1. The van der Waals surface area contributed by atoms with Gasteiger partial charge in [0.1, 0.15) is 11.3 Å². The Hall–Kier alpha value is -1.60. The van der Waals surface area contributed by atoms with Gasteiger partial charge in [0.15, 0.2) is 5.16 Å². The van der Waals surface area contributed by atoms with Gasteiger partial charge >= 0.3 is 0 Å². The zero-order valence-electron chi connectivity index (χ0n) is 11.4. The molecule has 2 aromatic rings. The highest BCUT2D eigenvalue weighted by atomic mass is 32.2. The number of nitrogens with two attached hydrogens (primary N) is 1. The van der Waals surface area contributed by atoms with E-state index in [2.05, 4.69) is 16.9 Å². The third kappa shape index (κ3) is 2.06. The van der Waals surface area contributed by atoms with Crippen molar-refractivity contribution in [2.24, 2.45) is 11.7 Å². The van der Waals surface area contributed by atoms with Crippen molar-refractivity contribution >= 4 is 28.7 Å². The first-order valence-corrected chi connectivity index (χ1v) is 7.63. The SMILES string of the molecule is CSc1ncc2cc(C(N)=O)n([C@H]3COC[C@H]3C)c2n1. The van der Waals surface area contributed by atoms with Crippen LogP contribution in [-0.2, 0) is 4.74 Å². The maximum Gasteiger partial charge on any atom is 0.265 e. The fourth-order valence-electron chi connectivity index (χ4n) is 2.60. The molecule has 0 aliphatic carbocycles. The van der Waals surface area contributed by atoms with Crippen LogP contribution in [0.4, 0.5) is 0 Å². The molecule has 2 atom stereocenters. The maximum absolute atomic E-state index is 11.7. The van der Waals surface area contributed by atoms with Gasteiger partial charge in [-0.3, -0.25) is 4.79 Å². The number of primary amides is 1. The number of nitrogens with zero attached hydrogens (tertiary/aromatic N) is 3. The lowest BCUT2D eigenvalue weighted by Gasteiger charge is -2.18. The van der Waals surface area contributed by atoms with E-state index in [4.69, 9.17) is 10.5 Å². The van der Waals surface area contributed by atoms with Crippen molar-refractivity contribution in [1.82, 2.24) is 14.5 Å². The lowest BCUT2D eigenvalue weighted by Crippen LogP contribution is -2.23. The number of ether oxygens (including phenoxy) is 1. The summed E-state index contributed by atoms with van der Waals surface area (Å²) in [6.07, 6.45) is 3.66. The molecule has 1 fully saturated rings. The fraction of sp³-hybridized carbons (Fsp3) is 0.462. The lowest BCUT2D eigenvalue weighted by atomic mass is 10.1. The van der Waals surface area contributed by atoms with Gasteiger partial charge in [-0.1, -0.05) is 18.7 Å². The molecular formula is C13H16N4O2S. The molecule has 0 spiro atoms. The van der Waals surface area contributed by atoms with Gasteiger partial charge in [-0.15, -0.1) is 0 Å². The quantitative estimate of drug-likeness (QED) is 0.684.